The van der Waals surface area contributed by atoms with Crippen LogP contribution in [0.3, 0.4) is 0 Å². The Hall–Kier alpha value is -3.54. The number of hydrogen-bond acceptors (Lipinski definition) is 4. The molecule has 0 atom stereocenters. The lowest BCUT2D eigenvalue weighted by molar-refractivity contribution is -0.111. The van der Waals surface area contributed by atoms with Crippen molar-refractivity contribution in [2.45, 2.75) is 19.8 Å². The van der Waals surface area contributed by atoms with Crippen molar-refractivity contribution in [3.8, 4) is 11.5 Å². The molecule has 0 unspecified atom stereocenters. The highest BCUT2D eigenvalue weighted by Gasteiger charge is 2.12. The zero-order valence-corrected chi connectivity index (χ0v) is 15.6. The van der Waals surface area contributed by atoms with Crippen LogP contribution in [0, 0.1) is 0 Å². The number of pyridine rings is 1. The van der Waals surface area contributed by atoms with Gasteiger partial charge < -0.3 is 19.8 Å². The first-order valence-electron chi connectivity index (χ1n) is 9.05. The van der Waals surface area contributed by atoms with Crippen molar-refractivity contribution in [1.82, 2.24) is 4.98 Å². The second kappa shape index (κ2) is 7.23. The van der Waals surface area contributed by atoms with E-state index >= 15 is 0 Å². The van der Waals surface area contributed by atoms with Gasteiger partial charge in [0.15, 0.2) is 11.5 Å². The quantitative estimate of drug-likeness (QED) is 0.674. The van der Waals surface area contributed by atoms with E-state index in [1.807, 2.05) is 44.2 Å². The summed E-state index contributed by atoms with van der Waals surface area (Å²) in [4.78, 5) is 27.0. The lowest BCUT2D eigenvalue weighted by atomic mass is 9.99. The van der Waals surface area contributed by atoms with Crippen molar-refractivity contribution >= 4 is 28.6 Å². The van der Waals surface area contributed by atoms with Crippen LogP contribution in [0.5, 0.6) is 11.5 Å². The van der Waals surface area contributed by atoms with E-state index in [-0.39, 0.29) is 24.2 Å². The lowest BCUT2D eigenvalue weighted by Crippen LogP contribution is -2.10. The molecule has 2 heterocycles. The van der Waals surface area contributed by atoms with Crippen LogP contribution in [-0.4, -0.2) is 17.7 Å². The maximum Gasteiger partial charge on any atom is 0.248 e. The van der Waals surface area contributed by atoms with Crippen LogP contribution < -0.4 is 20.3 Å². The molecule has 0 saturated carbocycles. The second-order valence-electron chi connectivity index (χ2n) is 6.94. The molecule has 0 aliphatic carbocycles. The number of aromatic amines is 1. The number of ether oxygens (including phenoxy) is 2. The highest BCUT2D eigenvalue weighted by Crippen LogP contribution is 2.32. The number of fused-ring (bicyclic) bond motifs is 2. The fourth-order valence-corrected chi connectivity index (χ4v) is 3.22. The first-order valence-corrected chi connectivity index (χ1v) is 9.05. The number of benzene rings is 2. The van der Waals surface area contributed by atoms with Crippen LogP contribution in [0.1, 0.15) is 30.9 Å². The van der Waals surface area contributed by atoms with Gasteiger partial charge in [-0.3, -0.25) is 9.59 Å². The van der Waals surface area contributed by atoms with E-state index in [1.54, 1.807) is 18.2 Å². The maximum absolute atomic E-state index is 12.3. The second-order valence-corrected chi connectivity index (χ2v) is 6.94. The van der Waals surface area contributed by atoms with Crippen LogP contribution >= 0.6 is 0 Å². The van der Waals surface area contributed by atoms with Crippen molar-refractivity contribution in [2.24, 2.45) is 0 Å². The van der Waals surface area contributed by atoms with Gasteiger partial charge in [0, 0.05) is 23.2 Å². The highest BCUT2D eigenvalue weighted by atomic mass is 16.7. The van der Waals surface area contributed by atoms with Crippen LogP contribution in [0.4, 0.5) is 5.69 Å². The Morgan fingerprint density at radius 2 is 1.93 bits per heavy atom. The molecule has 0 radical (unpaired) electrons. The Bertz CT molecular complexity index is 1140. The molecule has 0 saturated heterocycles. The molecule has 1 aliphatic heterocycles. The summed E-state index contributed by atoms with van der Waals surface area (Å²) in [6, 6.07) is 12.6. The summed E-state index contributed by atoms with van der Waals surface area (Å²) in [6.45, 7) is 4.31. The maximum atomic E-state index is 12.3. The van der Waals surface area contributed by atoms with Crippen LogP contribution in [-0.2, 0) is 4.79 Å². The van der Waals surface area contributed by atoms with Gasteiger partial charge >= 0.3 is 0 Å². The minimum absolute atomic E-state index is 0.151. The number of amides is 1. The fraction of sp³-hybridized carbons (Fsp3) is 0.182. The van der Waals surface area contributed by atoms with Crippen molar-refractivity contribution < 1.29 is 14.3 Å². The van der Waals surface area contributed by atoms with Gasteiger partial charge in [0.2, 0.25) is 18.3 Å². The predicted molar refractivity (Wildman–Crippen MR) is 109 cm³/mol. The molecule has 6 heteroatoms. The number of carbonyl (C=O) groups is 1. The van der Waals surface area contributed by atoms with Gasteiger partial charge in [-0.2, -0.15) is 0 Å². The molecule has 1 aromatic heterocycles. The molecular weight excluding hydrogens is 356 g/mol. The minimum Gasteiger partial charge on any atom is -0.454 e. The number of nitrogens with one attached hydrogen (secondary N) is 2. The van der Waals surface area contributed by atoms with Crippen molar-refractivity contribution in [3.63, 3.8) is 0 Å². The monoisotopic (exact) mass is 376 g/mol. The largest absolute Gasteiger partial charge is 0.454 e. The summed E-state index contributed by atoms with van der Waals surface area (Å²) < 4.78 is 10.6. The Labute approximate surface area is 161 Å². The van der Waals surface area contributed by atoms with Gasteiger partial charge in [0.05, 0.1) is 5.52 Å². The van der Waals surface area contributed by atoms with E-state index in [4.69, 9.17) is 9.47 Å². The molecule has 0 fully saturated rings. The first kappa shape index (κ1) is 17.9. The molecule has 6 nitrogen and oxygen atoms in total. The smallest absolute Gasteiger partial charge is 0.248 e. The number of aromatic nitrogens is 1. The Kier molecular flexibility index (Phi) is 4.61. The molecule has 28 heavy (non-hydrogen) atoms. The van der Waals surface area contributed by atoms with Crippen LogP contribution in [0.2, 0.25) is 0 Å². The summed E-state index contributed by atoms with van der Waals surface area (Å²) in [6.07, 6.45) is 3.16. The average molecular weight is 376 g/mol. The van der Waals surface area contributed by atoms with Gasteiger partial charge in [-0.1, -0.05) is 26.0 Å². The SMILES string of the molecule is CC(C)c1cc(=O)[nH]c2cc(NC(=O)/C=C\c3ccc4c(c3)OCO4)ccc12. The molecule has 1 amide bonds. The summed E-state index contributed by atoms with van der Waals surface area (Å²) in [5.74, 6) is 1.34. The highest BCUT2D eigenvalue weighted by molar-refractivity contribution is 6.03. The van der Waals surface area contributed by atoms with Crippen molar-refractivity contribution in [1.29, 1.82) is 0 Å². The van der Waals surface area contributed by atoms with Crippen molar-refractivity contribution in [2.75, 3.05) is 12.1 Å². The lowest BCUT2D eigenvalue weighted by Gasteiger charge is -2.11. The van der Waals surface area contributed by atoms with E-state index in [0.717, 1.165) is 16.5 Å². The Morgan fingerprint density at radius 3 is 2.75 bits per heavy atom. The van der Waals surface area contributed by atoms with E-state index in [9.17, 15) is 9.59 Å². The van der Waals surface area contributed by atoms with Crippen LogP contribution in [0.25, 0.3) is 17.0 Å². The van der Waals surface area contributed by atoms with Crippen LogP contribution in [0.15, 0.2) is 53.3 Å². The van der Waals surface area contributed by atoms with E-state index < -0.39 is 0 Å². The summed E-state index contributed by atoms with van der Waals surface area (Å²) in [5.41, 5.74) is 2.99. The normalized spacial score (nSPS) is 12.8. The molecular formula is C22H20N2O4. The summed E-state index contributed by atoms with van der Waals surface area (Å²) >= 11 is 0. The first-order chi connectivity index (χ1) is 13.5. The Morgan fingerprint density at radius 1 is 1.11 bits per heavy atom. The standard InChI is InChI=1S/C22H20N2O4/c1-13(2)17-11-22(26)24-18-10-15(5-6-16(17)18)23-21(25)8-4-14-3-7-19-20(9-14)28-12-27-19/h3-11,13H,12H2,1-2H3,(H,23,25)(H,24,26)/b8-4-. The fourth-order valence-electron chi connectivity index (χ4n) is 3.22. The third-order valence-corrected chi connectivity index (χ3v) is 4.59. The third-order valence-electron chi connectivity index (χ3n) is 4.59. The third kappa shape index (κ3) is 3.62. The molecule has 0 spiro atoms. The van der Waals surface area contributed by atoms with Gasteiger partial charge in [-0.25, -0.2) is 0 Å². The van der Waals surface area contributed by atoms with E-state index in [1.165, 1.54) is 6.08 Å². The van der Waals surface area contributed by atoms with Gasteiger partial charge in [0.1, 0.15) is 0 Å². The molecule has 2 N–H and O–H groups in total. The van der Waals surface area contributed by atoms with Gasteiger partial charge in [-0.15, -0.1) is 0 Å². The molecule has 3 aromatic rings. The van der Waals surface area contributed by atoms with Crippen molar-refractivity contribution in [3.05, 3.63) is 70.0 Å². The topological polar surface area (TPSA) is 80.4 Å². The molecule has 2 aromatic carbocycles. The average Bonchev–Trinajstić information content (AvgIpc) is 3.13. The predicted octanol–water partition coefficient (Wildman–Crippen LogP) is 4.03. The molecule has 1 aliphatic rings. The summed E-state index contributed by atoms with van der Waals surface area (Å²) in [5, 5.41) is 3.80. The van der Waals surface area contributed by atoms with E-state index in [0.29, 0.717) is 22.7 Å². The molecule has 142 valence electrons. The minimum atomic E-state index is -0.264. The summed E-state index contributed by atoms with van der Waals surface area (Å²) in [7, 11) is 0. The Balaban J connectivity index is 1.53. The molecule has 0 bridgehead atoms. The number of H-pyrrole nitrogens is 1. The van der Waals surface area contributed by atoms with Gasteiger partial charge in [0.25, 0.3) is 0 Å². The van der Waals surface area contributed by atoms with E-state index in [2.05, 4.69) is 10.3 Å². The number of rotatable bonds is 4. The zero-order chi connectivity index (χ0) is 19.7. The molecule has 4 rings (SSSR count). The number of anilines is 1. The zero-order valence-electron chi connectivity index (χ0n) is 15.6. The number of hydrogen-bond donors (Lipinski definition) is 2. The number of carbonyl (C=O) groups excluding carboxylic acids is 1. The van der Waals surface area contributed by atoms with Gasteiger partial charge in [-0.05, 0) is 47.4 Å².